The van der Waals surface area contributed by atoms with Crippen molar-refractivity contribution >= 4 is 23.6 Å². The van der Waals surface area contributed by atoms with Gasteiger partial charge in [-0.05, 0) is 47.2 Å². The number of fused-ring (bicyclic) bond motifs is 1. The molecule has 1 saturated heterocycles. The van der Waals surface area contributed by atoms with E-state index in [1.165, 1.54) is 5.56 Å². The SMILES string of the molecule is COc1cc2c(cc1OC)[C@@H](C(=O)N1CCN(Cc3ccccc3)CC1)[C@H](c1ccc(SC)cc1)N(C)C2=O. The summed E-state index contributed by atoms with van der Waals surface area (Å²) in [5.74, 6) is 0.308. The second kappa shape index (κ2) is 11.7. The predicted molar refractivity (Wildman–Crippen MR) is 154 cm³/mol. The lowest BCUT2D eigenvalue weighted by Crippen LogP contribution is -2.52. The van der Waals surface area contributed by atoms with Crippen LogP contribution >= 0.6 is 11.8 Å². The molecule has 0 spiro atoms. The quantitative estimate of drug-likeness (QED) is 0.402. The van der Waals surface area contributed by atoms with Gasteiger partial charge in [0.25, 0.3) is 5.91 Å². The van der Waals surface area contributed by atoms with E-state index in [9.17, 15) is 9.59 Å². The van der Waals surface area contributed by atoms with Crippen LogP contribution in [0.5, 0.6) is 11.5 Å². The second-order valence-corrected chi connectivity index (χ2v) is 10.9. The number of carbonyl (C=O) groups is 2. The van der Waals surface area contributed by atoms with E-state index in [1.54, 1.807) is 44.0 Å². The van der Waals surface area contributed by atoms with Crippen LogP contribution in [-0.2, 0) is 11.3 Å². The highest BCUT2D eigenvalue weighted by atomic mass is 32.2. The number of carbonyl (C=O) groups excluding carboxylic acids is 2. The highest BCUT2D eigenvalue weighted by Gasteiger charge is 2.45. The molecule has 39 heavy (non-hydrogen) atoms. The Hall–Kier alpha value is -3.49. The number of thioether (sulfide) groups is 1. The summed E-state index contributed by atoms with van der Waals surface area (Å²) in [6.07, 6.45) is 2.03. The number of piperazine rings is 1. The Morgan fingerprint density at radius 1 is 0.923 bits per heavy atom. The van der Waals surface area contributed by atoms with Crippen molar-refractivity contribution in [3.05, 3.63) is 89.0 Å². The molecule has 7 nitrogen and oxygen atoms in total. The predicted octanol–water partition coefficient (Wildman–Crippen LogP) is 4.68. The lowest BCUT2D eigenvalue weighted by atomic mass is 9.78. The van der Waals surface area contributed by atoms with Gasteiger partial charge < -0.3 is 19.3 Å². The Morgan fingerprint density at radius 2 is 1.56 bits per heavy atom. The zero-order chi connectivity index (χ0) is 27.5. The first-order valence-corrected chi connectivity index (χ1v) is 14.4. The molecular formula is C31H35N3O4S. The Morgan fingerprint density at radius 3 is 2.18 bits per heavy atom. The van der Waals surface area contributed by atoms with Crippen molar-refractivity contribution in [2.45, 2.75) is 23.4 Å². The molecule has 2 aliphatic heterocycles. The maximum atomic E-state index is 14.4. The van der Waals surface area contributed by atoms with Gasteiger partial charge in [-0.1, -0.05) is 42.5 Å². The highest BCUT2D eigenvalue weighted by molar-refractivity contribution is 7.98. The molecule has 3 aromatic carbocycles. The van der Waals surface area contributed by atoms with Crippen LogP contribution in [0.15, 0.2) is 71.6 Å². The molecule has 2 heterocycles. The van der Waals surface area contributed by atoms with E-state index < -0.39 is 12.0 Å². The monoisotopic (exact) mass is 545 g/mol. The average Bonchev–Trinajstić information content (AvgIpc) is 2.99. The molecule has 0 N–H and O–H groups in total. The van der Waals surface area contributed by atoms with E-state index >= 15 is 0 Å². The number of benzene rings is 3. The number of rotatable bonds is 7. The van der Waals surface area contributed by atoms with Crippen LogP contribution in [0.4, 0.5) is 0 Å². The molecule has 204 valence electrons. The number of likely N-dealkylation sites (N-methyl/N-ethyl adjacent to an activating group) is 1. The normalized spacial score (nSPS) is 19.5. The van der Waals surface area contributed by atoms with Gasteiger partial charge in [0.2, 0.25) is 5.91 Å². The Balaban J connectivity index is 1.49. The molecule has 3 aromatic rings. The summed E-state index contributed by atoms with van der Waals surface area (Å²) in [7, 11) is 4.91. The molecule has 0 saturated carbocycles. The van der Waals surface area contributed by atoms with Gasteiger partial charge in [0.1, 0.15) is 0 Å². The lowest BCUT2D eigenvalue weighted by molar-refractivity contribution is -0.136. The van der Waals surface area contributed by atoms with Crippen LogP contribution in [0.25, 0.3) is 0 Å². The minimum Gasteiger partial charge on any atom is -0.493 e. The van der Waals surface area contributed by atoms with Gasteiger partial charge in [0.15, 0.2) is 11.5 Å². The summed E-state index contributed by atoms with van der Waals surface area (Å²) in [5, 5.41) is 0. The molecule has 0 bridgehead atoms. The Bertz CT molecular complexity index is 1320. The molecule has 8 heteroatoms. The van der Waals surface area contributed by atoms with E-state index in [1.807, 2.05) is 47.6 Å². The summed E-state index contributed by atoms with van der Waals surface area (Å²) in [6.45, 7) is 3.75. The second-order valence-electron chi connectivity index (χ2n) is 9.99. The van der Waals surface area contributed by atoms with Crippen molar-refractivity contribution in [3.8, 4) is 11.5 Å². The number of hydrogen-bond acceptors (Lipinski definition) is 6. The summed E-state index contributed by atoms with van der Waals surface area (Å²) in [6, 6.07) is 21.7. The topological polar surface area (TPSA) is 62.3 Å². The van der Waals surface area contributed by atoms with Gasteiger partial charge >= 0.3 is 0 Å². The summed E-state index contributed by atoms with van der Waals surface area (Å²) < 4.78 is 11.1. The van der Waals surface area contributed by atoms with Crippen LogP contribution in [-0.4, -0.2) is 80.2 Å². The van der Waals surface area contributed by atoms with Crippen molar-refractivity contribution in [1.29, 1.82) is 0 Å². The van der Waals surface area contributed by atoms with Gasteiger partial charge in [-0.15, -0.1) is 11.8 Å². The third-order valence-electron chi connectivity index (χ3n) is 7.83. The van der Waals surface area contributed by atoms with E-state index in [0.29, 0.717) is 35.7 Å². The van der Waals surface area contributed by atoms with E-state index in [4.69, 9.17) is 9.47 Å². The number of amides is 2. The molecule has 0 radical (unpaired) electrons. The number of hydrogen-bond donors (Lipinski definition) is 0. The average molecular weight is 546 g/mol. The van der Waals surface area contributed by atoms with E-state index in [0.717, 1.165) is 30.1 Å². The molecule has 0 aliphatic carbocycles. The minimum absolute atomic E-state index is 0.0288. The van der Waals surface area contributed by atoms with Crippen molar-refractivity contribution in [3.63, 3.8) is 0 Å². The summed E-state index contributed by atoms with van der Waals surface area (Å²) in [4.78, 5) is 35.2. The molecule has 2 aliphatic rings. The van der Waals surface area contributed by atoms with Gasteiger partial charge in [-0.3, -0.25) is 14.5 Å². The smallest absolute Gasteiger partial charge is 0.254 e. The Labute approximate surface area is 234 Å². The molecule has 2 amide bonds. The van der Waals surface area contributed by atoms with Crippen LogP contribution in [0.1, 0.15) is 39.0 Å². The van der Waals surface area contributed by atoms with Crippen molar-refractivity contribution in [1.82, 2.24) is 14.7 Å². The first kappa shape index (κ1) is 27.1. The maximum absolute atomic E-state index is 14.4. The van der Waals surface area contributed by atoms with Gasteiger partial charge in [-0.2, -0.15) is 0 Å². The number of methoxy groups -OCH3 is 2. The van der Waals surface area contributed by atoms with Crippen molar-refractivity contribution < 1.29 is 19.1 Å². The molecular weight excluding hydrogens is 510 g/mol. The van der Waals surface area contributed by atoms with Gasteiger partial charge in [-0.25, -0.2) is 0 Å². The standard InChI is InChI=1S/C31H35N3O4S/c1-32-29(22-10-12-23(39-4)13-11-22)28(24-18-26(37-2)27(38-3)19-25(24)30(32)35)31(36)34-16-14-33(15-17-34)20-21-8-6-5-7-9-21/h5-13,18-19,28-29H,14-17,20H2,1-4H3/t28-,29+/m1/s1. The molecule has 2 atom stereocenters. The maximum Gasteiger partial charge on any atom is 0.254 e. The van der Waals surface area contributed by atoms with Gasteiger partial charge in [0.05, 0.1) is 26.2 Å². The van der Waals surface area contributed by atoms with Crippen LogP contribution in [0.2, 0.25) is 0 Å². The first-order chi connectivity index (χ1) is 18.9. The fourth-order valence-electron chi connectivity index (χ4n) is 5.70. The molecule has 0 aromatic heterocycles. The zero-order valence-electron chi connectivity index (χ0n) is 22.9. The van der Waals surface area contributed by atoms with Gasteiger partial charge in [0, 0.05) is 50.2 Å². The number of ether oxygens (including phenoxy) is 2. The largest absolute Gasteiger partial charge is 0.493 e. The van der Waals surface area contributed by atoms with E-state index in [2.05, 4.69) is 29.2 Å². The summed E-state index contributed by atoms with van der Waals surface area (Å²) in [5.41, 5.74) is 3.37. The Kier molecular flexibility index (Phi) is 8.14. The van der Waals surface area contributed by atoms with E-state index in [-0.39, 0.29) is 11.8 Å². The third-order valence-corrected chi connectivity index (χ3v) is 8.57. The van der Waals surface area contributed by atoms with Crippen LogP contribution in [0.3, 0.4) is 0 Å². The van der Waals surface area contributed by atoms with Crippen molar-refractivity contribution in [2.75, 3.05) is 53.7 Å². The van der Waals surface area contributed by atoms with Crippen LogP contribution < -0.4 is 9.47 Å². The zero-order valence-corrected chi connectivity index (χ0v) is 23.7. The number of nitrogens with zero attached hydrogens (tertiary/aromatic N) is 3. The molecule has 1 fully saturated rings. The lowest BCUT2D eigenvalue weighted by Gasteiger charge is -2.43. The first-order valence-electron chi connectivity index (χ1n) is 13.2. The third kappa shape index (κ3) is 5.36. The summed E-state index contributed by atoms with van der Waals surface area (Å²) >= 11 is 1.66. The minimum atomic E-state index is -0.566. The fraction of sp³-hybridized carbons (Fsp3) is 0.355. The highest BCUT2D eigenvalue weighted by Crippen LogP contribution is 2.46. The molecule has 5 rings (SSSR count). The fourth-order valence-corrected chi connectivity index (χ4v) is 6.11. The molecule has 0 unspecified atom stereocenters. The van der Waals surface area contributed by atoms with Crippen LogP contribution in [0, 0.1) is 0 Å². The van der Waals surface area contributed by atoms with Crippen molar-refractivity contribution in [2.24, 2.45) is 0 Å².